The number of nitrogens with zero attached hydrogens (tertiary/aromatic N) is 3. The lowest BCUT2D eigenvalue weighted by atomic mass is 9.91. The molecule has 2 fully saturated rings. The van der Waals surface area contributed by atoms with Crippen molar-refractivity contribution in [2.45, 2.75) is 90.3 Å². The van der Waals surface area contributed by atoms with Crippen LogP contribution in [0.1, 0.15) is 96.1 Å². The van der Waals surface area contributed by atoms with E-state index in [4.69, 9.17) is 20.4 Å². The third-order valence-electron chi connectivity index (χ3n) is 14.1. The summed E-state index contributed by atoms with van der Waals surface area (Å²) in [5.41, 5.74) is 8.70. The van der Waals surface area contributed by atoms with Crippen molar-refractivity contribution in [3.05, 3.63) is 166 Å². The molecule has 0 atom stereocenters. The fourth-order valence-electron chi connectivity index (χ4n) is 9.56. The highest BCUT2D eigenvalue weighted by Gasteiger charge is 2.24. The molecule has 8 rings (SSSR count). The summed E-state index contributed by atoms with van der Waals surface area (Å²) in [6, 6.07) is 42.2. The highest BCUT2D eigenvalue weighted by atomic mass is 32.1. The summed E-state index contributed by atoms with van der Waals surface area (Å²) >= 11 is 1.00. The van der Waals surface area contributed by atoms with Gasteiger partial charge in [-0.15, -0.1) is 11.3 Å². The Bertz CT molecular complexity index is 2820. The largest absolute Gasteiger partial charge is 0.457 e. The highest BCUT2D eigenvalue weighted by molar-refractivity contribution is 7.20. The fraction of sp³-hybridized carbons (Fsp3) is 0.383. The number of benzene rings is 5. The van der Waals surface area contributed by atoms with Crippen LogP contribution < -0.4 is 31.8 Å². The molecule has 3 heterocycles. The Morgan fingerprint density at radius 1 is 0.613 bits per heavy atom. The van der Waals surface area contributed by atoms with Gasteiger partial charge in [0.2, 0.25) is 11.8 Å². The Balaban J connectivity index is 0.000000195. The average Bonchev–Trinajstić information content (AvgIpc) is 3.95. The van der Waals surface area contributed by atoms with E-state index in [1.807, 2.05) is 118 Å². The number of amides is 7. The Kier molecular flexibility index (Phi) is 26.1. The number of fused-ring (bicyclic) bond motifs is 1. The maximum Gasteiger partial charge on any atom is 0.317 e. The first-order valence-corrected chi connectivity index (χ1v) is 28.1. The Hall–Kier alpha value is -7.46. The zero-order valence-corrected chi connectivity index (χ0v) is 45.9. The van der Waals surface area contributed by atoms with Gasteiger partial charge in [-0.05, 0) is 122 Å². The molecular formula is C60H75FN8O10S. The van der Waals surface area contributed by atoms with Crippen molar-refractivity contribution in [3.8, 4) is 11.5 Å². The molecule has 2 aliphatic rings. The van der Waals surface area contributed by atoms with Crippen LogP contribution >= 0.6 is 11.3 Å². The van der Waals surface area contributed by atoms with Gasteiger partial charge in [0.25, 0.3) is 5.91 Å². The number of thiophene rings is 1. The highest BCUT2D eigenvalue weighted by Crippen LogP contribution is 2.31. The molecule has 2 saturated heterocycles. The minimum Gasteiger partial charge on any atom is -0.457 e. The van der Waals surface area contributed by atoms with E-state index in [0.717, 1.165) is 118 Å². The molecule has 1 aromatic heterocycles. The number of hydroxylamine groups is 3. The van der Waals surface area contributed by atoms with E-state index < -0.39 is 5.91 Å². The van der Waals surface area contributed by atoms with Crippen LogP contribution in [0, 0.1) is 17.7 Å². The van der Waals surface area contributed by atoms with E-state index >= 15 is 0 Å². The second kappa shape index (κ2) is 33.9. The van der Waals surface area contributed by atoms with Crippen LogP contribution in [0.3, 0.4) is 0 Å². The van der Waals surface area contributed by atoms with Crippen molar-refractivity contribution in [2.24, 2.45) is 11.8 Å². The Morgan fingerprint density at radius 3 is 1.68 bits per heavy atom. The number of urea groups is 2. The number of nitrogens with one attached hydrogen (secondary N) is 5. The van der Waals surface area contributed by atoms with Gasteiger partial charge in [-0.3, -0.25) is 34.9 Å². The predicted molar refractivity (Wildman–Crippen MR) is 304 cm³/mol. The zero-order valence-electron chi connectivity index (χ0n) is 45.1. The summed E-state index contributed by atoms with van der Waals surface area (Å²) in [5.74, 6) is 0.936. The number of hydrogen-bond acceptors (Lipinski definition) is 12. The summed E-state index contributed by atoms with van der Waals surface area (Å²) in [6.45, 7) is 5.48. The number of carbonyl (C=O) groups is 5. The van der Waals surface area contributed by atoms with Gasteiger partial charge in [-0.1, -0.05) is 103 Å². The van der Waals surface area contributed by atoms with Crippen LogP contribution in [0.2, 0.25) is 0 Å². The quantitative estimate of drug-likeness (QED) is 0.0229. The molecule has 0 unspecified atom stereocenters. The molecule has 0 bridgehead atoms. The van der Waals surface area contributed by atoms with Gasteiger partial charge in [0.1, 0.15) is 17.3 Å². The van der Waals surface area contributed by atoms with Crippen LogP contribution in [0.25, 0.3) is 10.1 Å². The fourth-order valence-corrected chi connectivity index (χ4v) is 10.6. The number of piperidine rings is 2. The first kappa shape index (κ1) is 61.7. The van der Waals surface area contributed by atoms with Gasteiger partial charge >= 0.3 is 12.1 Å². The molecule has 0 spiro atoms. The number of hydrogen-bond donors (Lipinski definition) is 9. The second-order valence-electron chi connectivity index (χ2n) is 19.8. The van der Waals surface area contributed by atoms with Crippen molar-refractivity contribution in [1.29, 1.82) is 0 Å². The molecule has 0 radical (unpaired) electrons. The van der Waals surface area contributed by atoms with Crippen LogP contribution in [0.4, 0.5) is 14.0 Å². The van der Waals surface area contributed by atoms with Crippen LogP contribution in [0.15, 0.2) is 133 Å². The van der Waals surface area contributed by atoms with Crippen LogP contribution in [0.5, 0.6) is 11.5 Å². The van der Waals surface area contributed by atoms with Gasteiger partial charge in [-0.2, -0.15) is 0 Å². The molecule has 0 aliphatic carbocycles. The van der Waals surface area contributed by atoms with Crippen molar-refractivity contribution in [3.63, 3.8) is 0 Å². The van der Waals surface area contributed by atoms with Gasteiger partial charge in [0, 0.05) is 77.3 Å². The Morgan fingerprint density at radius 2 is 1.14 bits per heavy atom. The van der Waals surface area contributed by atoms with E-state index in [9.17, 15) is 33.5 Å². The van der Waals surface area contributed by atoms with Crippen LogP contribution in [-0.2, 0) is 35.6 Å². The molecule has 6 aromatic rings. The lowest BCUT2D eigenvalue weighted by molar-refractivity contribution is -0.130. The minimum absolute atomic E-state index is 0.0173. The number of rotatable bonds is 22. The first-order valence-electron chi connectivity index (χ1n) is 27.2. The molecular weight excluding hydrogens is 1040 g/mol. The maximum atomic E-state index is 14.9. The predicted octanol–water partition coefficient (Wildman–Crippen LogP) is 9.56. The smallest absolute Gasteiger partial charge is 0.317 e. The molecule has 2 aliphatic heterocycles. The van der Waals surface area contributed by atoms with E-state index in [1.54, 1.807) is 34.6 Å². The minimum atomic E-state index is -0.655. The second-order valence-corrected chi connectivity index (χ2v) is 20.9. The van der Waals surface area contributed by atoms with Gasteiger partial charge in [-0.25, -0.2) is 30.4 Å². The lowest BCUT2D eigenvalue weighted by Gasteiger charge is -2.32. The number of halogens is 1. The topological polar surface area (TPSA) is 245 Å². The number of aliphatic hydroxyl groups is 1. The number of likely N-dealkylation sites (tertiary alicyclic amines) is 2. The molecule has 0 saturated carbocycles. The van der Waals surface area contributed by atoms with Crippen molar-refractivity contribution >= 4 is 51.2 Å². The molecule has 20 heteroatoms. The molecule has 5 aromatic carbocycles. The Labute approximate surface area is 470 Å². The van der Waals surface area contributed by atoms with Crippen molar-refractivity contribution in [1.82, 2.24) is 41.8 Å². The molecule has 7 amide bonds. The van der Waals surface area contributed by atoms with Gasteiger partial charge in [0.15, 0.2) is 0 Å². The SMILES string of the molecule is O=C(CCCC1CCN(C(=O)NCCc2ccccc2)CC1)NO.O=C(CCCC1CCN(C(=O)NCc2ccc(Oc3ccccc3)cc2)CC1)NO.O=C(NO)c1cc2ccc(CN(CCO)Cc3ccccc3)c(F)c2s1. The number of carbonyl (C=O) groups excluding carboxylic acids is 5. The van der Waals surface area contributed by atoms with E-state index in [0.29, 0.717) is 73.1 Å². The van der Waals surface area contributed by atoms with Gasteiger partial charge in [0.05, 0.1) is 16.2 Å². The summed E-state index contributed by atoms with van der Waals surface area (Å²) in [4.78, 5) is 64.1. The van der Waals surface area contributed by atoms with Crippen molar-refractivity contribution in [2.75, 3.05) is 45.9 Å². The van der Waals surface area contributed by atoms with E-state index in [2.05, 4.69) is 22.8 Å². The van der Waals surface area contributed by atoms with Crippen molar-refractivity contribution < 1.29 is 53.8 Å². The van der Waals surface area contributed by atoms with E-state index in [1.165, 1.54) is 5.56 Å². The number of aliphatic hydroxyl groups excluding tert-OH is 1. The summed E-state index contributed by atoms with van der Waals surface area (Å²) in [7, 11) is 0. The molecule has 9 N–H and O–H groups in total. The molecule has 18 nitrogen and oxygen atoms in total. The molecule has 80 heavy (non-hydrogen) atoms. The monoisotopic (exact) mass is 1120 g/mol. The van der Waals surface area contributed by atoms with Crippen LogP contribution in [-0.4, -0.2) is 111 Å². The number of ether oxygens (including phenoxy) is 1. The third-order valence-corrected chi connectivity index (χ3v) is 15.2. The maximum absolute atomic E-state index is 14.9. The third kappa shape index (κ3) is 21.0. The standard InChI is InChI=1S/C23H29N3O4.C19H19FN2O3S.C18H27N3O3/c27-22(25-29)8-4-5-18-13-15-26(16-14-18)23(28)24-17-19-9-11-21(12-10-19)30-20-6-2-1-3-7-20;20-17-15(7-6-14-10-16(19(24)21-25)26-18(14)17)12-22(8-9-23)11-13-4-2-1-3-5-13;22-17(20-24)8-4-7-16-10-13-21(14-11-16)18(23)19-12-9-15-5-2-1-3-6-15/h1-3,6-7,9-12,18,29H,4-5,8,13-17H2,(H,24,28)(H,25,27);1-7,10,23,25H,8-9,11-12H2,(H,21,24);1-3,5-6,16,24H,4,7-14H2,(H,19,23)(H,20,22). The molecule has 428 valence electrons. The number of para-hydroxylation sites is 1. The zero-order chi connectivity index (χ0) is 56.9. The summed E-state index contributed by atoms with van der Waals surface area (Å²) in [5, 5.41) is 41.6. The average molecular weight is 1120 g/mol. The lowest BCUT2D eigenvalue weighted by Crippen LogP contribution is -2.45. The van der Waals surface area contributed by atoms with Gasteiger partial charge < -0.3 is 30.3 Å². The normalized spacial score (nSPS) is 13.5. The first-order chi connectivity index (χ1) is 38.9. The summed E-state index contributed by atoms with van der Waals surface area (Å²) in [6.07, 6.45) is 8.84. The summed E-state index contributed by atoms with van der Waals surface area (Å²) < 4.78 is 21.1. The van der Waals surface area contributed by atoms with E-state index in [-0.39, 0.29) is 41.2 Å².